The van der Waals surface area contributed by atoms with Crippen molar-refractivity contribution in [1.29, 1.82) is 0 Å². The van der Waals surface area contributed by atoms with Crippen LogP contribution >= 0.6 is 0 Å². The second kappa shape index (κ2) is 5.65. The highest BCUT2D eigenvalue weighted by atomic mass is 19.1. The van der Waals surface area contributed by atoms with Crippen molar-refractivity contribution in [2.24, 2.45) is 0 Å². The van der Waals surface area contributed by atoms with E-state index in [1.165, 1.54) is 0 Å². The molecule has 2 rings (SSSR count). The SMILES string of the molecule is O=C(O)c1cc(F)cc(-c2cc(C(=O)O)cc(C(=O)O)c2)c1. The zero-order valence-electron chi connectivity index (χ0n) is 10.9. The maximum absolute atomic E-state index is 13.5. The van der Waals surface area contributed by atoms with Crippen LogP contribution in [0.15, 0.2) is 36.4 Å². The maximum atomic E-state index is 13.5. The molecule has 0 aliphatic carbocycles. The Labute approximate surface area is 123 Å². The van der Waals surface area contributed by atoms with E-state index in [1.54, 1.807) is 0 Å². The lowest BCUT2D eigenvalue weighted by molar-refractivity contribution is 0.0681. The molecule has 0 aromatic heterocycles. The number of carboxylic acids is 3. The lowest BCUT2D eigenvalue weighted by atomic mass is 9.98. The fourth-order valence-electron chi connectivity index (χ4n) is 1.92. The number of benzene rings is 2. The summed E-state index contributed by atoms with van der Waals surface area (Å²) in [6.45, 7) is 0. The number of carbonyl (C=O) groups is 3. The highest BCUT2D eigenvalue weighted by Crippen LogP contribution is 2.25. The van der Waals surface area contributed by atoms with Crippen molar-refractivity contribution in [2.75, 3.05) is 0 Å². The fraction of sp³-hybridized carbons (Fsp3) is 0. The zero-order chi connectivity index (χ0) is 16.4. The first-order valence-electron chi connectivity index (χ1n) is 5.94. The van der Waals surface area contributed by atoms with E-state index in [0.717, 1.165) is 36.4 Å². The largest absolute Gasteiger partial charge is 0.478 e. The summed E-state index contributed by atoms with van der Waals surface area (Å²) in [6, 6.07) is 6.21. The van der Waals surface area contributed by atoms with Gasteiger partial charge >= 0.3 is 17.9 Å². The first-order chi connectivity index (χ1) is 10.3. The molecule has 0 bridgehead atoms. The van der Waals surface area contributed by atoms with Crippen molar-refractivity contribution in [3.63, 3.8) is 0 Å². The average molecular weight is 304 g/mol. The van der Waals surface area contributed by atoms with Crippen molar-refractivity contribution < 1.29 is 34.1 Å². The van der Waals surface area contributed by atoms with Gasteiger partial charge in [0.1, 0.15) is 5.82 Å². The molecule has 0 spiro atoms. The summed E-state index contributed by atoms with van der Waals surface area (Å²) in [5, 5.41) is 26.9. The Bertz CT molecular complexity index is 764. The van der Waals surface area contributed by atoms with Crippen LogP contribution in [0.2, 0.25) is 0 Å². The molecule has 0 radical (unpaired) electrons. The van der Waals surface area contributed by atoms with Gasteiger partial charge in [0.2, 0.25) is 0 Å². The molecule has 0 atom stereocenters. The first-order valence-corrected chi connectivity index (χ1v) is 5.94. The quantitative estimate of drug-likeness (QED) is 0.800. The fourth-order valence-corrected chi connectivity index (χ4v) is 1.92. The lowest BCUT2D eigenvalue weighted by Crippen LogP contribution is -2.03. The van der Waals surface area contributed by atoms with Crippen molar-refractivity contribution in [1.82, 2.24) is 0 Å². The molecule has 0 unspecified atom stereocenters. The van der Waals surface area contributed by atoms with Crippen molar-refractivity contribution in [2.45, 2.75) is 0 Å². The molecule has 2 aromatic rings. The predicted molar refractivity (Wildman–Crippen MR) is 72.7 cm³/mol. The molecule has 3 N–H and O–H groups in total. The number of hydrogen-bond donors (Lipinski definition) is 3. The van der Waals surface area contributed by atoms with Crippen LogP contribution in [0.25, 0.3) is 11.1 Å². The van der Waals surface area contributed by atoms with Gasteiger partial charge in [-0.1, -0.05) is 0 Å². The summed E-state index contributed by atoms with van der Waals surface area (Å²) in [4.78, 5) is 33.0. The Morgan fingerprint density at radius 2 is 1.00 bits per heavy atom. The van der Waals surface area contributed by atoms with Gasteiger partial charge in [-0.3, -0.25) is 0 Å². The standard InChI is InChI=1S/C15H9FO6/c16-12-5-8(3-11(6-12)15(21)22)7-1-9(13(17)18)4-10(2-7)14(19)20/h1-6H,(H,17,18)(H,19,20)(H,21,22). The molecule has 0 fully saturated rings. The Balaban J connectivity index is 2.68. The minimum Gasteiger partial charge on any atom is -0.478 e. The third-order valence-electron chi connectivity index (χ3n) is 2.90. The normalized spacial score (nSPS) is 10.2. The molecular formula is C15H9FO6. The second-order valence-corrected chi connectivity index (χ2v) is 4.44. The average Bonchev–Trinajstić information content (AvgIpc) is 2.45. The molecule has 0 heterocycles. The third-order valence-corrected chi connectivity index (χ3v) is 2.90. The van der Waals surface area contributed by atoms with E-state index < -0.39 is 23.7 Å². The molecule has 0 saturated carbocycles. The summed E-state index contributed by atoms with van der Waals surface area (Å²) < 4.78 is 13.5. The Kier molecular flexibility index (Phi) is 3.89. The van der Waals surface area contributed by atoms with E-state index >= 15 is 0 Å². The van der Waals surface area contributed by atoms with Crippen molar-refractivity contribution in [3.05, 3.63) is 58.9 Å². The second-order valence-electron chi connectivity index (χ2n) is 4.44. The predicted octanol–water partition coefficient (Wildman–Crippen LogP) is 2.59. The zero-order valence-corrected chi connectivity index (χ0v) is 10.9. The van der Waals surface area contributed by atoms with Crippen LogP contribution < -0.4 is 0 Å². The summed E-state index contributed by atoms with van der Waals surface area (Å²) in [5.41, 5.74) is -0.748. The van der Waals surface area contributed by atoms with Crippen LogP contribution in [0.1, 0.15) is 31.1 Å². The van der Waals surface area contributed by atoms with Gasteiger partial charge in [0.25, 0.3) is 0 Å². The lowest BCUT2D eigenvalue weighted by Gasteiger charge is -2.07. The first kappa shape index (κ1) is 15.2. The van der Waals surface area contributed by atoms with E-state index in [9.17, 15) is 18.8 Å². The molecule has 0 aliphatic rings. The van der Waals surface area contributed by atoms with Crippen LogP contribution in [0, 0.1) is 5.82 Å². The summed E-state index contributed by atoms with van der Waals surface area (Å²) >= 11 is 0. The van der Waals surface area contributed by atoms with Crippen LogP contribution in [0.3, 0.4) is 0 Å². The molecule has 7 heteroatoms. The smallest absolute Gasteiger partial charge is 0.335 e. The van der Waals surface area contributed by atoms with E-state index in [0.29, 0.717) is 0 Å². The molecule has 6 nitrogen and oxygen atoms in total. The van der Waals surface area contributed by atoms with Gasteiger partial charge in [-0.05, 0) is 47.5 Å². The summed E-state index contributed by atoms with van der Waals surface area (Å²) in [7, 11) is 0. The minimum absolute atomic E-state index is 0.0722. The molecular weight excluding hydrogens is 295 g/mol. The van der Waals surface area contributed by atoms with Crippen LogP contribution in [0.4, 0.5) is 4.39 Å². The molecule has 112 valence electrons. The molecule has 2 aromatic carbocycles. The highest BCUT2D eigenvalue weighted by molar-refractivity contribution is 5.96. The van der Waals surface area contributed by atoms with Crippen LogP contribution in [0.5, 0.6) is 0 Å². The number of rotatable bonds is 4. The monoisotopic (exact) mass is 304 g/mol. The molecule has 0 saturated heterocycles. The van der Waals surface area contributed by atoms with E-state index in [-0.39, 0.29) is 27.8 Å². The molecule has 22 heavy (non-hydrogen) atoms. The van der Waals surface area contributed by atoms with Gasteiger partial charge in [-0.25, -0.2) is 18.8 Å². The third kappa shape index (κ3) is 3.09. The van der Waals surface area contributed by atoms with Gasteiger partial charge in [0, 0.05) is 0 Å². The van der Waals surface area contributed by atoms with Crippen molar-refractivity contribution >= 4 is 17.9 Å². The van der Waals surface area contributed by atoms with E-state index in [4.69, 9.17) is 15.3 Å². The van der Waals surface area contributed by atoms with Crippen molar-refractivity contribution in [3.8, 4) is 11.1 Å². The van der Waals surface area contributed by atoms with Crippen LogP contribution in [-0.2, 0) is 0 Å². The number of hydrogen-bond acceptors (Lipinski definition) is 3. The summed E-state index contributed by atoms with van der Waals surface area (Å²) in [6.07, 6.45) is 0. The molecule has 0 amide bonds. The Morgan fingerprint density at radius 3 is 1.41 bits per heavy atom. The number of carboxylic acid groups (broad SMARTS) is 3. The maximum Gasteiger partial charge on any atom is 0.335 e. The summed E-state index contributed by atoms with van der Waals surface area (Å²) in [5.74, 6) is -4.88. The van der Waals surface area contributed by atoms with E-state index in [1.807, 2.05) is 0 Å². The van der Waals surface area contributed by atoms with Crippen LogP contribution in [-0.4, -0.2) is 33.2 Å². The Hall–Kier alpha value is -3.22. The topological polar surface area (TPSA) is 112 Å². The number of aromatic carboxylic acids is 3. The van der Waals surface area contributed by atoms with Gasteiger partial charge in [0.05, 0.1) is 16.7 Å². The highest BCUT2D eigenvalue weighted by Gasteiger charge is 2.14. The van der Waals surface area contributed by atoms with Gasteiger partial charge in [-0.2, -0.15) is 0 Å². The minimum atomic E-state index is -1.35. The Morgan fingerprint density at radius 1 is 0.636 bits per heavy atom. The van der Waals surface area contributed by atoms with Gasteiger partial charge in [0.15, 0.2) is 0 Å². The van der Waals surface area contributed by atoms with Gasteiger partial charge in [-0.15, -0.1) is 0 Å². The number of halogens is 1. The van der Waals surface area contributed by atoms with E-state index in [2.05, 4.69) is 0 Å². The van der Waals surface area contributed by atoms with Gasteiger partial charge < -0.3 is 15.3 Å². The molecule has 0 aliphatic heterocycles.